The number of hydrogen-bond acceptors (Lipinski definition) is 3. The molecule has 3 nitrogen and oxygen atoms in total. The topological polar surface area (TPSA) is 33.2 Å². The molecule has 0 aromatic carbocycles. The van der Waals surface area contributed by atoms with E-state index in [0.717, 1.165) is 18.8 Å². The van der Waals surface area contributed by atoms with Crippen molar-refractivity contribution in [2.24, 2.45) is 0 Å². The van der Waals surface area contributed by atoms with Crippen LogP contribution < -0.4 is 4.90 Å². The highest BCUT2D eigenvalue weighted by Gasteiger charge is 2.16. The maximum absolute atomic E-state index is 11.5. The summed E-state index contributed by atoms with van der Waals surface area (Å²) < 4.78 is 0. The van der Waals surface area contributed by atoms with Gasteiger partial charge in [0.2, 0.25) is 0 Å². The predicted molar refractivity (Wildman–Crippen MR) is 67.0 cm³/mol. The summed E-state index contributed by atoms with van der Waals surface area (Å²) in [5.74, 6) is 0.886. The van der Waals surface area contributed by atoms with Crippen molar-refractivity contribution in [1.82, 2.24) is 4.98 Å². The van der Waals surface area contributed by atoms with E-state index in [4.69, 9.17) is 0 Å². The van der Waals surface area contributed by atoms with Gasteiger partial charge in [0.1, 0.15) is 5.82 Å². The average molecular weight is 220 g/mol. The summed E-state index contributed by atoms with van der Waals surface area (Å²) >= 11 is 0. The van der Waals surface area contributed by atoms with Gasteiger partial charge in [0, 0.05) is 18.8 Å². The average Bonchev–Trinajstić information content (AvgIpc) is 2.25. The van der Waals surface area contributed by atoms with Crippen LogP contribution in [-0.4, -0.2) is 23.4 Å². The first-order valence-electron chi connectivity index (χ1n) is 5.80. The first kappa shape index (κ1) is 12.7. The Bertz CT molecular complexity index is 361. The Morgan fingerprint density at radius 1 is 1.50 bits per heavy atom. The summed E-state index contributed by atoms with van der Waals surface area (Å²) in [6, 6.07) is 4.01. The molecule has 0 spiro atoms. The molecule has 0 saturated carbocycles. The zero-order valence-electron chi connectivity index (χ0n) is 10.5. The standard InChI is InChI=1S/C13H20N2O/c1-5-9-15(10(2)3)13-12(11(4)16)7-6-8-14-13/h6-8,10H,5,9H2,1-4H3. The molecule has 0 aliphatic rings. The molecule has 0 atom stereocenters. The van der Waals surface area contributed by atoms with Crippen LogP contribution in [0.25, 0.3) is 0 Å². The van der Waals surface area contributed by atoms with Crippen molar-refractivity contribution in [3.63, 3.8) is 0 Å². The first-order chi connectivity index (χ1) is 7.57. The fraction of sp³-hybridized carbons (Fsp3) is 0.538. The molecule has 88 valence electrons. The number of carbonyl (C=O) groups is 1. The SMILES string of the molecule is CCCN(c1ncccc1C(C)=O)C(C)C. The molecule has 1 heterocycles. The number of carbonyl (C=O) groups excluding carboxylic acids is 1. The zero-order chi connectivity index (χ0) is 12.1. The Morgan fingerprint density at radius 3 is 2.69 bits per heavy atom. The lowest BCUT2D eigenvalue weighted by Crippen LogP contribution is -2.33. The number of pyridine rings is 1. The Morgan fingerprint density at radius 2 is 2.19 bits per heavy atom. The Hall–Kier alpha value is -1.38. The van der Waals surface area contributed by atoms with E-state index in [-0.39, 0.29) is 5.78 Å². The number of rotatable bonds is 5. The molecule has 1 aromatic rings. The quantitative estimate of drug-likeness (QED) is 0.715. The molecule has 0 saturated heterocycles. The summed E-state index contributed by atoms with van der Waals surface area (Å²) in [5.41, 5.74) is 0.713. The smallest absolute Gasteiger partial charge is 0.163 e. The molecule has 0 amide bonds. The van der Waals surface area contributed by atoms with Gasteiger partial charge in [0.25, 0.3) is 0 Å². The molecule has 0 fully saturated rings. The number of aromatic nitrogens is 1. The molecule has 0 aliphatic heterocycles. The lowest BCUT2D eigenvalue weighted by Gasteiger charge is -2.28. The van der Waals surface area contributed by atoms with E-state index in [0.29, 0.717) is 11.6 Å². The minimum atomic E-state index is 0.0739. The second-order valence-corrected chi connectivity index (χ2v) is 4.22. The molecule has 1 rings (SSSR count). The van der Waals surface area contributed by atoms with Crippen molar-refractivity contribution in [1.29, 1.82) is 0 Å². The van der Waals surface area contributed by atoms with E-state index < -0.39 is 0 Å². The molecule has 16 heavy (non-hydrogen) atoms. The summed E-state index contributed by atoms with van der Waals surface area (Å²) in [4.78, 5) is 18.1. The fourth-order valence-electron chi connectivity index (χ4n) is 1.75. The van der Waals surface area contributed by atoms with Crippen LogP contribution in [0.2, 0.25) is 0 Å². The molecule has 0 aliphatic carbocycles. The minimum Gasteiger partial charge on any atom is -0.354 e. The van der Waals surface area contributed by atoms with Crippen LogP contribution in [0.15, 0.2) is 18.3 Å². The van der Waals surface area contributed by atoms with E-state index in [9.17, 15) is 4.79 Å². The molecular formula is C13H20N2O. The summed E-state index contributed by atoms with van der Waals surface area (Å²) in [6.45, 7) is 8.88. The molecule has 0 radical (unpaired) electrons. The number of anilines is 1. The highest BCUT2D eigenvalue weighted by molar-refractivity contribution is 5.98. The van der Waals surface area contributed by atoms with Crippen LogP contribution in [0.1, 0.15) is 44.5 Å². The Balaban J connectivity index is 3.12. The third kappa shape index (κ3) is 2.81. The van der Waals surface area contributed by atoms with Gasteiger partial charge < -0.3 is 4.90 Å². The normalized spacial score (nSPS) is 10.6. The third-order valence-electron chi connectivity index (χ3n) is 2.53. The van der Waals surface area contributed by atoms with Gasteiger partial charge in [-0.3, -0.25) is 4.79 Å². The van der Waals surface area contributed by atoms with Gasteiger partial charge in [0.15, 0.2) is 5.78 Å². The van der Waals surface area contributed by atoms with Gasteiger partial charge in [0.05, 0.1) is 5.56 Å². The van der Waals surface area contributed by atoms with Gasteiger partial charge in [-0.2, -0.15) is 0 Å². The highest BCUT2D eigenvalue weighted by atomic mass is 16.1. The highest BCUT2D eigenvalue weighted by Crippen LogP contribution is 2.20. The lowest BCUT2D eigenvalue weighted by atomic mass is 10.1. The molecule has 0 N–H and O–H groups in total. The minimum absolute atomic E-state index is 0.0739. The third-order valence-corrected chi connectivity index (χ3v) is 2.53. The van der Waals surface area contributed by atoms with Crippen LogP contribution in [-0.2, 0) is 0 Å². The van der Waals surface area contributed by atoms with Crippen molar-refractivity contribution in [3.8, 4) is 0 Å². The number of nitrogens with zero attached hydrogens (tertiary/aromatic N) is 2. The van der Waals surface area contributed by atoms with E-state index in [2.05, 4.69) is 30.7 Å². The van der Waals surface area contributed by atoms with Gasteiger partial charge in [-0.1, -0.05) is 6.92 Å². The monoisotopic (exact) mass is 220 g/mol. The van der Waals surface area contributed by atoms with Crippen molar-refractivity contribution in [2.75, 3.05) is 11.4 Å². The summed E-state index contributed by atoms with van der Waals surface area (Å²) in [7, 11) is 0. The van der Waals surface area contributed by atoms with E-state index in [1.165, 1.54) is 0 Å². The van der Waals surface area contributed by atoms with Crippen LogP contribution in [0.5, 0.6) is 0 Å². The van der Waals surface area contributed by atoms with Gasteiger partial charge in [-0.25, -0.2) is 4.98 Å². The van der Waals surface area contributed by atoms with Gasteiger partial charge >= 0.3 is 0 Å². The van der Waals surface area contributed by atoms with Crippen molar-refractivity contribution in [2.45, 2.75) is 40.2 Å². The van der Waals surface area contributed by atoms with Crippen molar-refractivity contribution >= 4 is 11.6 Å². The van der Waals surface area contributed by atoms with E-state index >= 15 is 0 Å². The Labute approximate surface area is 97.5 Å². The second-order valence-electron chi connectivity index (χ2n) is 4.22. The van der Waals surface area contributed by atoms with Crippen LogP contribution >= 0.6 is 0 Å². The number of Topliss-reactive ketones (excluding diaryl/α,β-unsaturated/α-hetero) is 1. The fourth-order valence-corrected chi connectivity index (χ4v) is 1.75. The Kier molecular flexibility index (Phi) is 4.47. The molecule has 3 heteroatoms. The van der Waals surface area contributed by atoms with Crippen molar-refractivity contribution in [3.05, 3.63) is 23.9 Å². The maximum Gasteiger partial charge on any atom is 0.163 e. The summed E-state index contributed by atoms with van der Waals surface area (Å²) in [5, 5.41) is 0. The van der Waals surface area contributed by atoms with E-state index in [1.807, 2.05) is 12.1 Å². The maximum atomic E-state index is 11.5. The van der Waals surface area contributed by atoms with Crippen molar-refractivity contribution < 1.29 is 4.79 Å². The molecule has 0 bridgehead atoms. The van der Waals surface area contributed by atoms with Gasteiger partial charge in [-0.05, 0) is 39.3 Å². The van der Waals surface area contributed by atoms with Gasteiger partial charge in [-0.15, -0.1) is 0 Å². The number of hydrogen-bond donors (Lipinski definition) is 0. The lowest BCUT2D eigenvalue weighted by molar-refractivity contribution is 0.101. The van der Waals surface area contributed by atoms with Crippen LogP contribution in [0.3, 0.4) is 0 Å². The number of ketones is 1. The van der Waals surface area contributed by atoms with Crippen LogP contribution in [0.4, 0.5) is 5.82 Å². The molecule has 0 unspecified atom stereocenters. The largest absolute Gasteiger partial charge is 0.354 e. The molecular weight excluding hydrogens is 200 g/mol. The van der Waals surface area contributed by atoms with Crippen LogP contribution in [0, 0.1) is 0 Å². The molecule has 1 aromatic heterocycles. The second kappa shape index (κ2) is 5.64. The zero-order valence-corrected chi connectivity index (χ0v) is 10.5. The van der Waals surface area contributed by atoms with E-state index in [1.54, 1.807) is 13.1 Å². The first-order valence-corrected chi connectivity index (χ1v) is 5.80. The predicted octanol–water partition coefficient (Wildman–Crippen LogP) is 2.91. The summed E-state index contributed by atoms with van der Waals surface area (Å²) in [6.07, 6.45) is 2.79.